The van der Waals surface area contributed by atoms with Crippen molar-refractivity contribution in [1.29, 1.82) is 0 Å². The molecule has 94 valence electrons. The summed E-state index contributed by atoms with van der Waals surface area (Å²) in [6.07, 6.45) is 7.27. The van der Waals surface area contributed by atoms with Gasteiger partial charge >= 0.3 is 12.0 Å². The number of carboxylic acid groups (broad SMARTS) is 1. The highest BCUT2D eigenvalue weighted by Crippen LogP contribution is 2.16. The molecule has 2 atom stereocenters. The summed E-state index contributed by atoms with van der Waals surface area (Å²) < 4.78 is 0. The van der Waals surface area contributed by atoms with E-state index in [1.54, 1.807) is 0 Å². The summed E-state index contributed by atoms with van der Waals surface area (Å²) in [5.41, 5.74) is 0. The largest absolute Gasteiger partial charge is 0.481 e. The van der Waals surface area contributed by atoms with Gasteiger partial charge in [0.1, 0.15) is 0 Å². The fourth-order valence-corrected chi connectivity index (χ4v) is 1.87. The van der Waals surface area contributed by atoms with Gasteiger partial charge in [-0.25, -0.2) is 4.79 Å². The predicted molar refractivity (Wildman–Crippen MR) is 63.4 cm³/mol. The van der Waals surface area contributed by atoms with Crippen LogP contribution in [0.25, 0.3) is 0 Å². The molecular formula is C12H18N2O3. The number of aliphatic carboxylic acids is 1. The number of nitrogens with zero attached hydrogens (tertiary/aromatic N) is 1. The number of hydrogen-bond donors (Lipinski definition) is 2. The summed E-state index contributed by atoms with van der Waals surface area (Å²) in [6.45, 7) is 2.75. The first-order valence-corrected chi connectivity index (χ1v) is 5.82. The van der Waals surface area contributed by atoms with Crippen molar-refractivity contribution in [2.75, 3.05) is 13.1 Å². The normalized spacial score (nSPS) is 21.4. The van der Waals surface area contributed by atoms with Crippen LogP contribution in [0.3, 0.4) is 0 Å². The van der Waals surface area contributed by atoms with E-state index in [0.29, 0.717) is 19.4 Å². The lowest BCUT2D eigenvalue weighted by Gasteiger charge is -2.31. The molecule has 0 aromatic heterocycles. The number of carbonyl (C=O) groups excluding carboxylic acids is 1. The monoisotopic (exact) mass is 238 g/mol. The maximum absolute atomic E-state index is 11.8. The lowest BCUT2D eigenvalue weighted by molar-refractivity contribution is -0.143. The minimum absolute atomic E-state index is 0.263. The highest BCUT2D eigenvalue weighted by molar-refractivity contribution is 5.77. The van der Waals surface area contributed by atoms with E-state index in [0.717, 1.165) is 6.42 Å². The molecule has 17 heavy (non-hydrogen) atoms. The van der Waals surface area contributed by atoms with E-state index in [1.807, 2.05) is 6.92 Å². The van der Waals surface area contributed by atoms with Crippen LogP contribution in [0.2, 0.25) is 0 Å². The quantitative estimate of drug-likeness (QED) is 0.718. The second kappa shape index (κ2) is 6.14. The molecule has 0 saturated carbocycles. The Bertz CT molecular complexity index is 335. The Hall–Kier alpha value is -1.70. The van der Waals surface area contributed by atoms with Crippen LogP contribution < -0.4 is 5.32 Å². The first-order chi connectivity index (χ1) is 8.08. The van der Waals surface area contributed by atoms with Crippen LogP contribution in [0.5, 0.6) is 0 Å². The predicted octanol–water partition coefficient (Wildman–Crippen LogP) is 0.904. The second-order valence-electron chi connectivity index (χ2n) is 4.20. The number of carbonyl (C=O) groups is 2. The zero-order chi connectivity index (χ0) is 12.8. The zero-order valence-corrected chi connectivity index (χ0v) is 9.98. The van der Waals surface area contributed by atoms with E-state index in [2.05, 4.69) is 11.2 Å². The summed E-state index contributed by atoms with van der Waals surface area (Å²) in [6, 6.07) is -0.548. The van der Waals surface area contributed by atoms with Crippen LogP contribution >= 0.6 is 0 Å². The lowest BCUT2D eigenvalue weighted by atomic mass is 9.99. The van der Waals surface area contributed by atoms with E-state index in [4.69, 9.17) is 11.5 Å². The van der Waals surface area contributed by atoms with Crippen molar-refractivity contribution in [3.63, 3.8) is 0 Å². The van der Waals surface area contributed by atoms with E-state index >= 15 is 0 Å². The standard InChI is InChI=1S/C12H18N2O3/c1-3-10(4-2)13-12(17)14-7-5-6-9(8-14)11(15)16/h1,9-10H,4-8H2,2H3,(H,13,17)(H,15,16)/t9-,10?/m1/s1. The molecule has 0 radical (unpaired) electrons. The minimum atomic E-state index is -0.841. The van der Waals surface area contributed by atoms with Crippen molar-refractivity contribution in [2.45, 2.75) is 32.2 Å². The molecule has 1 saturated heterocycles. The Balaban J connectivity index is 2.52. The highest BCUT2D eigenvalue weighted by atomic mass is 16.4. The number of hydrogen-bond acceptors (Lipinski definition) is 2. The van der Waals surface area contributed by atoms with Crippen molar-refractivity contribution >= 4 is 12.0 Å². The molecule has 1 unspecified atom stereocenters. The van der Waals surface area contributed by atoms with Crippen molar-refractivity contribution in [3.05, 3.63) is 0 Å². The van der Waals surface area contributed by atoms with Crippen LogP contribution in [0, 0.1) is 18.3 Å². The van der Waals surface area contributed by atoms with Gasteiger partial charge in [0.25, 0.3) is 0 Å². The average molecular weight is 238 g/mol. The average Bonchev–Trinajstić information content (AvgIpc) is 2.35. The van der Waals surface area contributed by atoms with Crippen LogP contribution in [-0.4, -0.2) is 41.1 Å². The van der Waals surface area contributed by atoms with E-state index < -0.39 is 11.9 Å². The molecule has 2 amide bonds. The van der Waals surface area contributed by atoms with Gasteiger partial charge in [-0.1, -0.05) is 12.8 Å². The number of likely N-dealkylation sites (tertiary alicyclic amines) is 1. The van der Waals surface area contributed by atoms with Gasteiger partial charge in [0.15, 0.2) is 0 Å². The minimum Gasteiger partial charge on any atom is -0.481 e. The number of rotatable bonds is 3. The van der Waals surface area contributed by atoms with Gasteiger partial charge in [0, 0.05) is 13.1 Å². The number of amides is 2. The summed E-state index contributed by atoms with van der Waals surface area (Å²) in [7, 11) is 0. The highest BCUT2D eigenvalue weighted by Gasteiger charge is 2.28. The first kappa shape index (κ1) is 13.4. The number of urea groups is 1. The fourth-order valence-electron chi connectivity index (χ4n) is 1.87. The molecule has 1 heterocycles. The summed E-state index contributed by atoms with van der Waals surface area (Å²) >= 11 is 0. The van der Waals surface area contributed by atoms with Gasteiger partial charge in [-0.05, 0) is 19.3 Å². The third kappa shape index (κ3) is 3.66. The molecule has 0 aromatic rings. The number of nitrogens with one attached hydrogen (secondary N) is 1. The van der Waals surface area contributed by atoms with E-state index in [-0.39, 0.29) is 18.6 Å². The molecule has 1 fully saturated rings. The van der Waals surface area contributed by atoms with E-state index in [9.17, 15) is 9.59 Å². The van der Waals surface area contributed by atoms with Crippen molar-refractivity contribution in [2.24, 2.45) is 5.92 Å². The van der Waals surface area contributed by atoms with Gasteiger partial charge in [-0.2, -0.15) is 0 Å². The summed E-state index contributed by atoms with van der Waals surface area (Å²) in [5.74, 6) is 1.18. The Labute approximate surface area is 101 Å². The number of carboxylic acids is 1. The third-order valence-corrected chi connectivity index (χ3v) is 2.96. The first-order valence-electron chi connectivity index (χ1n) is 5.82. The van der Waals surface area contributed by atoms with E-state index in [1.165, 1.54) is 4.90 Å². The summed E-state index contributed by atoms with van der Waals surface area (Å²) in [5, 5.41) is 11.6. The lowest BCUT2D eigenvalue weighted by Crippen LogP contribution is -2.49. The second-order valence-corrected chi connectivity index (χ2v) is 4.20. The topological polar surface area (TPSA) is 69.6 Å². The van der Waals surface area contributed by atoms with Gasteiger partial charge in [-0.3, -0.25) is 4.79 Å². The molecular weight excluding hydrogens is 220 g/mol. The van der Waals surface area contributed by atoms with Gasteiger partial charge < -0.3 is 15.3 Å². The van der Waals surface area contributed by atoms with Crippen LogP contribution in [0.15, 0.2) is 0 Å². The number of piperidine rings is 1. The summed E-state index contributed by atoms with van der Waals surface area (Å²) in [4.78, 5) is 24.2. The molecule has 1 rings (SSSR count). The molecule has 0 spiro atoms. The molecule has 0 bridgehead atoms. The molecule has 2 N–H and O–H groups in total. The van der Waals surface area contributed by atoms with Crippen LogP contribution in [0.4, 0.5) is 4.79 Å². The maximum Gasteiger partial charge on any atom is 0.318 e. The zero-order valence-electron chi connectivity index (χ0n) is 9.98. The molecule has 5 nitrogen and oxygen atoms in total. The van der Waals surface area contributed by atoms with Crippen LogP contribution in [0.1, 0.15) is 26.2 Å². The SMILES string of the molecule is C#CC(CC)NC(=O)N1CCC[C@@H](C(=O)O)C1. The number of terminal acetylenes is 1. The third-order valence-electron chi connectivity index (χ3n) is 2.96. The Morgan fingerprint density at radius 1 is 1.65 bits per heavy atom. The fraction of sp³-hybridized carbons (Fsp3) is 0.667. The van der Waals surface area contributed by atoms with Crippen LogP contribution in [-0.2, 0) is 4.79 Å². The van der Waals surface area contributed by atoms with Gasteiger partial charge in [-0.15, -0.1) is 6.42 Å². The molecule has 5 heteroatoms. The van der Waals surface area contributed by atoms with Crippen molar-refractivity contribution in [1.82, 2.24) is 10.2 Å². The van der Waals surface area contributed by atoms with Gasteiger partial charge in [0.05, 0.1) is 12.0 Å². The van der Waals surface area contributed by atoms with Gasteiger partial charge in [0.2, 0.25) is 0 Å². The molecule has 1 aliphatic rings. The van der Waals surface area contributed by atoms with Crippen molar-refractivity contribution in [3.8, 4) is 12.3 Å². The van der Waals surface area contributed by atoms with Crippen molar-refractivity contribution < 1.29 is 14.7 Å². The Kier molecular flexibility index (Phi) is 4.83. The molecule has 0 aliphatic carbocycles. The Morgan fingerprint density at radius 3 is 2.88 bits per heavy atom. The maximum atomic E-state index is 11.8. The molecule has 1 aliphatic heterocycles. The molecule has 0 aromatic carbocycles. The Morgan fingerprint density at radius 2 is 2.35 bits per heavy atom. The smallest absolute Gasteiger partial charge is 0.318 e.